The van der Waals surface area contributed by atoms with E-state index in [0.717, 1.165) is 51.2 Å². The monoisotopic (exact) mass is 469 g/mol. The summed E-state index contributed by atoms with van der Waals surface area (Å²) in [6, 6.07) is 0. The number of hydrogen-bond donors (Lipinski definition) is 0. The highest BCUT2D eigenvalue weighted by Gasteiger charge is 2.61. The lowest BCUT2D eigenvalue weighted by Crippen LogP contribution is -2.51. The van der Waals surface area contributed by atoms with Crippen LogP contribution in [0.15, 0.2) is 11.6 Å². The van der Waals surface area contributed by atoms with Gasteiger partial charge in [-0.2, -0.15) is 0 Å². The number of carbonyl (C=O) groups is 2. The van der Waals surface area contributed by atoms with E-state index in [1.54, 1.807) is 5.57 Å². The molecule has 0 bridgehead atoms. The Kier molecular flexibility index (Phi) is 6.76. The SMILES string of the molecule is CC(=O)[C@H]1[C@H](C)C[C@H]2[C@@H]3CC=C4C[C@@H](OC(=O)CCN5CCCCC5)CC[C@]4(C)[C@H]3CC[C@@]21C. The van der Waals surface area contributed by atoms with Crippen LogP contribution in [0.25, 0.3) is 0 Å². The van der Waals surface area contributed by atoms with Gasteiger partial charge in [0.1, 0.15) is 11.9 Å². The molecule has 190 valence electrons. The third-order valence-corrected chi connectivity index (χ3v) is 11.2. The lowest BCUT2D eigenvalue weighted by atomic mass is 9.47. The van der Waals surface area contributed by atoms with E-state index in [0.29, 0.717) is 30.0 Å². The predicted octanol–water partition coefficient (Wildman–Crippen LogP) is 6.19. The van der Waals surface area contributed by atoms with Gasteiger partial charge in [-0.1, -0.05) is 38.8 Å². The van der Waals surface area contributed by atoms with E-state index in [-0.39, 0.29) is 28.8 Å². The van der Waals surface area contributed by atoms with Crippen LogP contribution in [0.2, 0.25) is 0 Å². The van der Waals surface area contributed by atoms with E-state index in [4.69, 9.17) is 4.74 Å². The first-order valence-corrected chi connectivity index (χ1v) is 14.3. The van der Waals surface area contributed by atoms with E-state index in [1.807, 2.05) is 6.92 Å². The Hall–Kier alpha value is -1.16. The maximum absolute atomic E-state index is 12.6. The quantitative estimate of drug-likeness (QED) is 0.356. The van der Waals surface area contributed by atoms with E-state index in [1.165, 1.54) is 38.5 Å². The molecular weight excluding hydrogens is 422 g/mol. The minimum atomic E-state index is -0.00267. The molecule has 4 nitrogen and oxygen atoms in total. The van der Waals surface area contributed by atoms with Crippen LogP contribution in [-0.4, -0.2) is 42.4 Å². The molecule has 1 aliphatic heterocycles. The maximum atomic E-state index is 12.6. The van der Waals surface area contributed by atoms with Crippen molar-refractivity contribution in [2.75, 3.05) is 19.6 Å². The van der Waals surface area contributed by atoms with Crippen LogP contribution in [0.1, 0.15) is 98.3 Å². The summed E-state index contributed by atoms with van der Waals surface area (Å²) in [4.78, 5) is 27.6. The lowest BCUT2D eigenvalue weighted by molar-refractivity contribution is -0.152. The molecule has 0 amide bonds. The minimum Gasteiger partial charge on any atom is -0.462 e. The normalized spacial score (nSPS) is 44.4. The van der Waals surface area contributed by atoms with Crippen LogP contribution in [0.4, 0.5) is 0 Å². The molecule has 0 aromatic heterocycles. The average molecular weight is 470 g/mol. The van der Waals surface area contributed by atoms with Crippen molar-refractivity contribution in [1.82, 2.24) is 4.90 Å². The van der Waals surface area contributed by atoms with Gasteiger partial charge in [-0.3, -0.25) is 9.59 Å². The highest BCUT2D eigenvalue weighted by atomic mass is 16.5. The second kappa shape index (κ2) is 9.37. The number of Topliss-reactive ketones (excluding diaryl/α,β-unsaturated/α-hetero) is 1. The first-order chi connectivity index (χ1) is 16.2. The van der Waals surface area contributed by atoms with Gasteiger partial charge in [0.05, 0.1) is 6.42 Å². The second-order valence-electron chi connectivity index (χ2n) is 13.1. The second-order valence-corrected chi connectivity index (χ2v) is 13.1. The van der Waals surface area contributed by atoms with E-state index < -0.39 is 0 Å². The Labute approximate surface area is 207 Å². The molecule has 0 spiro atoms. The van der Waals surface area contributed by atoms with Crippen LogP contribution in [-0.2, 0) is 14.3 Å². The van der Waals surface area contributed by atoms with Gasteiger partial charge in [0.25, 0.3) is 0 Å². The zero-order valence-electron chi connectivity index (χ0n) is 22.1. The van der Waals surface area contributed by atoms with Crippen molar-refractivity contribution in [3.05, 3.63) is 11.6 Å². The zero-order chi connectivity index (χ0) is 24.1. The van der Waals surface area contributed by atoms with Crippen molar-refractivity contribution in [3.8, 4) is 0 Å². The Morgan fingerprint density at radius 2 is 1.85 bits per heavy atom. The molecule has 34 heavy (non-hydrogen) atoms. The molecule has 4 heteroatoms. The van der Waals surface area contributed by atoms with Crippen molar-refractivity contribution in [2.45, 2.75) is 104 Å². The van der Waals surface area contributed by atoms with Crippen molar-refractivity contribution < 1.29 is 14.3 Å². The number of likely N-dealkylation sites (tertiary alicyclic amines) is 1. The summed E-state index contributed by atoms with van der Waals surface area (Å²) in [6.45, 7) is 12.2. The van der Waals surface area contributed by atoms with Gasteiger partial charge in [-0.25, -0.2) is 0 Å². The molecule has 3 saturated carbocycles. The van der Waals surface area contributed by atoms with E-state index in [9.17, 15) is 9.59 Å². The third kappa shape index (κ3) is 4.20. The highest BCUT2D eigenvalue weighted by molar-refractivity contribution is 5.80. The largest absolute Gasteiger partial charge is 0.462 e. The number of nitrogens with zero attached hydrogens (tertiary/aromatic N) is 1. The fraction of sp³-hybridized carbons (Fsp3) is 0.867. The minimum absolute atomic E-state index is 0.00267. The third-order valence-electron chi connectivity index (χ3n) is 11.2. The van der Waals surface area contributed by atoms with Crippen LogP contribution in [0.3, 0.4) is 0 Å². The van der Waals surface area contributed by atoms with E-state index in [2.05, 4.69) is 31.7 Å². The summed E-state index contributed by atoms with van der Waals surface area (Å²) in [7, 11) is 0. The van der Waals surface area contributed by atoms with Gasteiger partial charge in [-0.15, -0.1) is 0 Å². The number of fused-ring (bicyclic) bond motifs is 5. The highest BCUT2D eigenvalue weighted by Crippen LogP contribution is 2.67. The molecule has 5 aliphatic rings. The number of allylic oxidation sites excluding steroid dienone is 1. The molecule has 4 aliphatic carbocycles. The molecule has 0 N–H and O–H groups in total. The first-order valence-electron chi connectivity index (χ1n) is 14.3. The number of esters is 1. The van der Waals surface area contributed by atoms with Gasteiger partial charge in [0.2, 0.25) is 0 Å². The van der Waals surface area contributed by atoms with Crippen molar-refractivity contribution in [2.24, 2.45) is 40.4 Å². The molecule has 5 rings (SSSR count). The standard InChI is InChI=1S/C30H47NO3/c1-20-18-26-24-9-8-22-19-23(34-27(33)12-17-31-15-6-5-7-16-31)10-13-29(22,3)25(24)11-14-30(26,4)28(20)21(2)32/h8,20,23-26,28H,5-7,9-19H2,1-4H3/t20-,23+,24-,25+,26+,28-,29+,30+/m1/s1. The fourth-order valence-corrected chi connectivity index (χ4v) is 9.63. The first kappa shape index (κ1) is 24.5. The van der Waals surface area contributed by atoms with Gasteiger partial charge in [0.15, 0.2) is 0 Å². The number of hydrogen-bond acceptors (Lipinski definition) is 4. The Bertz CT molecular complexity index is 829. The summed E-state index contributed by atoms with van der Waals surface area (Å²) in [5, 5.41) is 0. The van der Waals surface area contributed by atoms with Crippen molar-refractivity contribution in [3.63, 3.8) is 0 Å². The number of carbonyl (C=O) groups excluding carboxylic acids is 2. The van der Waals surface area contributed by atoms with Crippen LogP contribution >= 0.6 is 0 Å². The zero-order valence-corrected chi connectivity index (χ0v) is 22.1. The van der Waals surface area contributed by atoms with E-state index >= 15 is 0 Å². The summed E-state index contributed by atoms with van der Waals surface area (Å²) in [5.74, 6) is 3.28. The summed E-state index contributed by atoms with van der Waals surface area (Å²) >= 11 is 0. The predicted molar refractivity (Wildman–Crippen MR) is 135 cm³/mol. The van der Waals surface area contributed by atoms with Crippen LogP contribution in [0.5, 0.6) is 0 Å². The molecule has 4 fully saturated rings. The number of piperidine rings is 1. The Balaban J connectivity index is 1.22. The average Bonchev–Trinajstić information content (AvgIpc) is 3.08. The molecule has 1 saturated heterocycles. The topological polar surface area (TPSA) is 46.6 Å². The van der Waals surface area contributed by atoms with Gasteiger partial charge in [0, 0.05) is 18.9 Å². The number of rotatable bonds is 5. The number of ketones is 1. The smallest absolute Gasteiger partial charge is 0.307 e. The molecule has 8 atom stereocenters. The lowest BCUT2D eigenvalue weighted by Gasteiger charge is -2.58. The van der Waals surface area contributed by atoms with Gasteiger partial charge >= 0.3 is 5.97 Å². The molecule has 1 heterocycles. The summed E-state index contributed by atoms with van der Waals surface area (Å²) < 4.78 is 6.01. The summed E-state index contributed by atoms with van der Waals surface area (Å²) in [5.41, 5.74) is 2.00. The Morgan fingerprint density at radius 3 is 2.59 bits per heavy atom. The fourth-order valence-electron chi connectivity index (χ4n) is 9.63. The van der Waals surface area contributed by atoms with Crippen molar-refractivity contribution in [1.29, 1.82) is 0 Å². The molecule has 0 aromatic rings. The molecule has 0 unspecified atom stereocenters. The molecule has 0 aromatic carbocycles. The van der Waals surface area contributed by atoms with Crippen molar-refractivity contribution >= 4 is 11.8 Å². The van der Waals surface area contributed by atoms with Gasteiger partial charge in [-0.05, 0) is 106 Å². The van der Waals surface area contributed by atoms with Crippen LogP contribution < -0.4 is 0 Å². The summed E-state index contributed by atoms with van der Waals surface area (Å²) in [6.07, 6.45) is 14.9. The van der Waals surface area contributed by atoms with Crippen LogP contribution in [0, 0.1) is 40.4 Å². The molecular formula is C30H47NO3. The Morgan fingerprint density at radius 1 is 1.09 bits per heavy atom. The molecule has 0 radical (unpaired) electrons. The number of ether oxygens (including phenoxy) is 1. The van der Waals surface area contributed by atoms with Gasteiger partial charge < -0.3 is 9.64 Å². The maximum Gasteiger partial charge on any atom is 0.307 e.